The number of carboxylic acid groups (broad SMARTS) is 1. The molecule has 0 radical (unpaired) electrons. The van der Waals surface area contributed by atoms with E-state index in [9.17, 15) is 4.79 Å². The molecule has 1 aliphatic rings. The van der Waals surface area contributed by atoms with Crippen molar-refractivity contribution in [1.82, 2.24) is 4.90 Å². The Morgan fingerprint density at radius 2 is 1.85 bits per heavy atom. The van der Waals surface area contributed by atoms with Crippen molar-refractivity contribution in [2.45, 2.75) is 45.4 Å². The monoisotopic (exact) mass is 277 g/mol. The molecule has 20 heavy (non-hydrogen) atoms. The van der Waals surface area contributed by atoms with Crippen LogP contribution in [0.2, 0.25) is 0 Å². The average molecular weight is 277 g/mol. The second-order valence-corrected chi connectivity index (χ2v) is 5.75. The molecular weight excluding hydrogens is 254 g/mol. The number of hydrogen-bond donors (Lipinski definition) is 1. The summed E-state index contributed by atoms with van der Waals surface area (Å²) in [6, 6.07) is 7.89. The van der Waals surface area contributed by atoms with E-state index in [0.29, 0.717) is 0 Å². The molecule has 1 heterocycles. The van der Waals surface area contributed by atoms with Crippen LogP contribution in [0.1, 0.15) is 37.8 Å². The summed E-state index contributed by atoms with van der Waals surface area (Å²) in [4.78, 5) is 13.3. The van der Waals surface area contributed by atoms with Crippen LogP contribution in [0.3, 0.4) is 0 Å². The minimum Gasteiger partial charge on any atom is -0.481 e. The van der Waals surface area contributed by atoms with Gasteiger partial charge in [0.2, 0.25) is 0 Å². The maximum Gasteiger partial charge on any atom is 0.310 e. The Labute approximate surface area is 120 Å². The third-order valence-corrected chi connectivity index (χ3v) is 3.75. The molecule has 1 saturated heterocycles. The Kier molecular flexibility index (Phi) is 4.78. The van der Waals surface area contributed by atoms with Crippen LogP contribution < -0.4 is 0 Å². The highest BCUT2D eigenvalue weighted by Crippen LogP contribution is 2.18. The molecule has 1 aromatic rings. The Bertz CT molecular complexity index is 447. The van der Waals surface area contributed by atoms with Gasteiger partial charge >= 0.3 is 5.97 Å². The van der Waals surface area contributed by atoms with Gasteiger partial charge in [-0.05, 0) is 31.9 Å². The highest BCUT2D eigenvalue weighted by molar-refractivity contribution is 5.75. The van der Waals surface area contributed by atoms with Crippen LogP contribution in [-0.4, -0.2) is 41.3 Å². The standard InChI is InChI=1S/C16H23NO3/c1-11-8-17(9-12(2)20-11)10-14-4-6-15(7-5-14)13(3)16(18)19/h4-7,11-13H,8-10H2,1-3H3,(H,18,19). The maximum absolute atomic E-state index is 11.0. The smallest absolute Gasteiger partial charge is 0.310 e. The normalized spacial score (nSPS) is 25.4. The molecule has 110 valence electrons. The summed E-state index contributed by atoms with van der Waals surface area (Å²) in [7, 11) is 0. The number of carboxylic acids is 1. The molecule has 0 aliphatic carbocycles. The van der Waals surface area contributed by atoms with E-state index in [1.807, 2.05) is 24.3 Å². The lowest BCUT2D eigenvalue weighted by Gasteiger charge is -2.35. The largest absolute Gasteiger partial charge is 0.481 e. The van der Waals surface area contributed by atoms with Gasteiger partial charge in [-0.25, -0.2) is 0 Å². The zero-order chi connectivity index (χ0) is 14.7. The Hall–Kier alpha value is -1.39. The molecule has 0 saturated carbocycles. The number of morpholine rings is 1. The minimum absolute atomic E-state index is 0.269. The lowest BCUT2D eigenvalue weighted by Crippen LogP contribution is -2.44. The van der Waals surface area contributed by atoms with E-state index >= 15 is 0 Å². The molecule has 0 amide bonds. The van der Waals surface area contributed by atoms with Crippen LogP contribution in [0.5, 0.6) is 0 Å². The molecular formula is C16H23NO3. The zero-order valence-electron chi connectivity index (χ0n) is 12.4. The molecule has 1 aliphatic heterocycles. The molecule has 1 aromatic carbocycles. The summed E-state index contributed by atoms with van der Waals surface area (Å²) in [5.74, 6) is -1.24. The summed E-state index contributed by atoms with van der Waals surface area (Å²) in [6.07, 6.45) is 0.537. The van der Waals surface area contributed by atoms with Gasteiger partial charge in [-0.3, -0.25) is 9.69 Å². The fourth-order valence-electron chi connectivity index (χ4n) is 2.73. The fourth-order valence-corrected chi connectivity index (χ4v) is 2.73. The quantitative estimate of drug-likeness (QED) is 0.918. The number of ether oxygens (including phenoxy) is 1. The Morgan fingerprint density at radius 3 is 2.35 bits per heavy atom. The van der Waals surface area contributed by atoms with Gasteiger partial charge in [-0.2, -0.15) is 0 Å². The number of nitrogens with zero attached hydrogens (tertiary/aromatic N) is 1. The van der Waals surface area contributed by atoms with E-state index in [0.717, 1.165) is 25.2 Å². The van der Waals surface area contributed by atoms with Crippen LogP contribution >= 0.6 is 0 Å². The molecule has 3 atom stereocenters. The molecule has 0 spiro atoms. The number of aliphatic carboxylic acids is 1. The molecule has 1 N–H and O–H groups in total. The van der Waals surface area contributed by atoms with E-state index in [1.54, 1.807) is 6.92 Å². The summed E-state index contributed by atoms with van der Waals surface area (Å²) >= 11 is 0. The van der Waals surface area contributed by atoms with E-state index in [4.69, 9.17) is 9.84 Å². The average Bonchev–Trinajstić information content (AvgIpc) is 2.37. The predicted molar refractivity (Wildman–Crippen MR) is 77.8 cm³/mol. The van der Waals surface area contributed by atoms with Gasteiger partial charge in [0, 0.05) is 19.6 Å². The number of hydrogen-bond acceptors (Lipinski definition) is 3. The fraction of sp³-hybridized carbons (Fsp3) is 0.562. The van der Waals surface area contributed by atoms with Crippen molar-refractivity contribution in [3.8, 4) is 0 Å². The second-order valence-electron chi connectivity index (χ2n) is 5.75. The number of carbonyl (C=O) groups is 1. The van der Waals surface area contributed by atoms with Crippen LogP contribution in [0.15, 0.2) is 24.3 Å². The van der Waals surface area contributed by atoms with Crippen LogP contribution in [-0.2, 0) is 16.1 Å². The van der Waals surface area contributed by atoms with Gasteiger partial charge in [0.25, 0.3) is 0 Å². The van der Waals surface area contributed by atoms with Crippen molar-refractivity contribution in [1.29, 1.82) is 0 Å². The number of benzene rings is 1. The van der Waals surface area contributed by atoms with Crippen molar-refractivity contribution in [2.24, 2.45) is 0 Å². The molecule has 3 unspecified atom stereocenters. The third-order valence-electron chi connectivity index (χ3n) is 3.75. The summed E-state index contributed by atoms with van der Waals surface area (Å²) < 4.78 is 5.72. The van der Waals surface area contributed by atoms with Crippen LogP contribution in [0.4, 0.5) is 0 Å². The van der Waals surface area contributed by atoms with E-state index < -0.39 is 11.9 Å². The van der Waals surface area contributed by atoms with Gasteiger partial charge in [0.05, 0.1) is 18.1 Å². The Morgan fingerprint density at radius 1 is 1.30 bits per heavy atom. The van der Waals surface area contributed by atoms with Crippen molar-refractivity contribution in [2.75, 3.05) is 13.1 Å². The van der Waals surface area contributed by atoms with Crippen molar-refractivity contribution < 1.29 is 14.6 Å². The zero-order valence-corrected chi connectivity index (χ0v) is 12.4. The summed E-state index contributed by atoms with van der Waals surface area (Å²) in [5, 5.41) is 9.00. The highest BCUT2D eigenvalue weighted by atomic mass is 16.5. The van der Waals surface area contributed by atoms with Gasteiger partial charge in [-0.1, -0.05) is 24.3 Å². The Balaban J connectivity index is 1.98. The summed E-state index contributed by atoms with van der Waals surface area (Å²) in [6.45, 7) is 8.68. The van der Waals surface area contributed by atoms with Gasteiger partial charge < -0.3 is 9.84 Å². The van der Waals surface area contributed by atoms with Crippen molar-refractivity contribution >= 4 is 5.97 Å². The molecule has 4 nitrogen and oxygen atoms in total. The van der Waals surface area contributed by atoms with E-state index in [1.165, 1.54) is 5.56 Å². The molecule has 2 rings (SSSR count). The van der Waals surface area contributed by atoms with E-state index in [2.05, 4.69) is 18.7 Å². The third kappa shape index (κ3) is 3.81. The lowest BCUT2D eigenvalue weighted by molar-refractivity contribution is -0.138. The highest BCUT2D eigenvalue weighted by Gasteiger charge is 2.22. The first-order chi connectivity index (χ1) is 9.45. The van der Waals surface area contributed by atoms with Gasteiger partial charge in [0.15, 0.2) is 0 Å². The summed E-state index contributed by atoms with van der Waals surface area (Å²) in [5.41, 5.74) is 2.07. The van der Waals surface area contributed by atoms with Crippen LogP contribution in [0, 0.1) is 0 Å². The number of rotatable bonds is 4. The first kappa shape index (κ1) is 15.0. The predicted octanol–water partition coefficient (Wildman–Crippen LogP) is 2.48. The van der Waals surface area contributed by atoms with Crippen LogP contribution in [0.25, 0.3) is 0 Å². The van der Waals surface area contributed by atoms with Crippen molar-refractivity contribution in [3.05, 3.63) is 35.4 Å². The molecule has 1 fully saturated rings. The molecule has 4 heteroatoms. The topological polar surface area (TPSA) is 49.8 Å². The SMILES string of the molecule is CC1CN(Cc2ccc(C(C)C(=O)O)cc2)CC(C)O1. The van der Waals surface area contributed by atoms with Crippen molar-refractivity contribution in [3.63, 3.8) is 0 Å². The first-order valence-electron chi connectivity index (χ1n) is 7.15. The van der Waals surface area contributed by atoms with Gasteiger partial charge in [-0.15, -0.1) is 0 Å². The van der Waals surface area contributed by atoms with Gasteiger partial charge in [0.1, 0.15) is 0 Å². The minimum atomic E-state index is -0.784. The lowest BCUT2D eigenvalue weighted by atomic mass is 10.00. The first-order valence-corrected chi connectivity index (χ1v) is 7.15. The molecule has 0 aromatic heterocycles. The maximum atomic E-state index is 11.0. The van der Waals surface area contributed by atoms with E-state index in [-0.39, 0.29) is 12.2 Å². The molecule has 0 bridgehead atoms. The second kappa shape index (κ2) is 6.37.